The Hall–Kier alpha value is -2.68. The monoisotopic (exact) mass is 370 g/mol. The number of nitrogens with one attached hydrogen (secondary N) is 1. The van der Waals surface area contributed by atoms with Gasteiger partial charge in [0, 0.05) is 30.1 Å². The highest BCUT2D eigenvalue weighted by Gasteiger charge is 2.31. The van der Waals surface area contributed by atoms with E-state index in [1.54, 1.807) is 25.4 Å². The van der Waals surface area contributed by atoms with Crippen LogP contribution < -0.4 is 5.32 Å². The van der Waals surface area contributed by atoms with Crippen LogP contribution in [-0.2, 0) is 4.79 Å². The van der Waals surface area contributed by atoms with Crippen molar-refractivity contribution in [2.24, 2.45) is 0 Å². The summed E-state index contributed by atoms with van der Waals surface area (Å²) in [5.74, 6) is 1.73. The molecule has 0 aromatic carbocycles. The maximum absolute atomic E-state index is 12.4. The van der Waals surface area contributed by atoms with Gasteiger partial charge in [-0.2, -0.15) is 0 Å². The second-order valence-electron chi connectivity index (χ2n) is 6.22. The van der Waals surface area contributed by atoms with Gasteiger partial charge in [-0.15, -0.1) is 10.2 Å². The summed E-state index contributed by atoms with van der Waals surface area (Å²) < 4.78 is 7.10. The van der Waals surface area contributed by atoms with Crippen molar-refractivity contribution in [1.82, 2.24) is 24.9 Å². The molecule has 9 heteroatoms. The molecule has 1 saturated carbocycles. The summed E-state index contributed by atoms with van der Waals surface area (Å²) in [5.41, 5.74) is 0.974. The summed E-state index contributed by atoms with van der Waals surface area (Å²) in [6, 6.07) is 5.91. The Morgan fingerprint density at radius 3 is 2.77 bits per heavy atom. The lowest BCUT2D eigenvalue weighted by Crippen LogP contribution is -2.23. The SMILES string of the molecule is Cc1cc(NC(=O)[C@H](C)Sc2nnc(-c3ccncc3)n2C2CC2)no1. The van der Waals surface area contributed by atoms with Crippen LogP contribution in [0.2, 0.25) is 0 Å². The highest BCUT2D eigenvalue weighted by molar-refractivity contribution is 8.00. The Morgan fingerprint density at radius 2 is 2.12 bits per heavy atom. The summed E-state index contributed by atoms with van der Waals surface area (Å²) in [7, 11) is 0. The number of nitrogens with zero attached hydrogens (tertiary/aromatic N) is 5. The first kappa shape index (κ1) is 16.8. The van der Waals surface area contributed by atoms with Gasteiger partial charge in [-0.25, -0.2) is 0 Å². The van der Waals surface area contributed by atoms with Gasteiger partial charge in [0.05, 0.1) is 5.25 Å². The number of rotatable bonds is 6. The quantitative estimate of drug-likeness (QED) is 0.666. The Labute approximate surface area is 154 Å². The normalized spacial score (nSPS) is 15.0. The fourth-order valence-electron chi connectivity index (χ4n) is 2.58. The van der Waals surface area contributed by atoms with Gasteiger partial charge in [0.15, 0.2) is 16.8 Å². The Bertz CT molecular complexity index is 918. The number of hydrogen-bond acceptors (Lipinski definition) is 7. The van der Waals surface area contributed by atoms with Crippen molar-refractivity contribution in [3.8, 4) is 11.4 Å². The molecule has 3 heterocycles. The van der Waals surface area contributed by atoms with E-state index in [0.717, 1.165) is 29.4 Å². The molecule has 0 saturated heterocycles. The number of thioether (sulfide) groups is 1. The van der Waals surface area contributed by atoms with Gasteiger partial charge in [-0.1, -0.05) is 16.9 Å². The first-order valence-corrected chi connectivity index (χ1v) is 9.26. The van der Waals surface area contributed by atoms with Crippen molar-refractivity contribution in [1.29, 1.82) is 0 Å². The summed E-state index contributed by atoms with van der Waals surface area (Å²) >= 11 is 1.39. The van der Waals surface area contributed by atoms with Crippen LogP contribution in [0.1, 0.15) is 31.6 Å². The average Bonchev–Trinajstić information content (AvgIpc) is 3.27. The lowest BCUT2D eigenvalue weighted by Gasteiger charge is -2.12. The molecule has 1 N–H and O–H groups in total. The van der Waals surface area contributed by atoms with Crippen LogP contribution in [0.4, 0.5) is 5.82 Å². The molecule has 26 heavy (non-hydrogen) atoms. The summed E-state index contributed by atoms with van der Waals surface area (Å²) in [5, 5.41) is 15.6. The second-order valence-corrected chi connectivity index (χ2v) is 7.52. The first-order chi connectivity index (χ1) is 12.6. The highest BCUT2D eigenvalue weighted by atomic mass is 32.2. The van der Waals surface area contributed by atoms with Gasteiger partial charge in [-0.3, -0.25) is 14.3 Å². The lowest BCUT2D eigenvalue weighted by atomic mass is 10.2. The first-order valence-electron chi connectivity index (χ1n) is 8.38. The van der Waals surface area contributed by atoms with E-state index in [-0.39, 0.29) is 11.2 Å². The van der Waals surface area contributed by atoms with E-state index in [2.05, 4.69) is 30.2 Å². The molecule has 0 radical (unpaired) electrons. The third-order valence-electron chi connectivity index (χ3n) is 4.05. The number of pyridine rings is 1. The largest absolute Gasteiger partial charge is 0.360 e. The number of amides is 1. The minimum atomic E-state index is -0.348. The molecule has 3 aromatic rings. The number of hydrogen-bond donors (Lipinski definition) is 1. The minimum absolute atomic E-state index is 0.154. The van der Waals surface area contributed by atoms with Gasteiger partial charge in [-0.05, 0) is 38.8 Å². The van der Waals surface area contributed by atoms with Crippen LogP contribution in [0, 0.1) is 6.92 Å². The topological polar surface area (TPSA) is 98.7 Å². The molecule has 1 atom stereocenters. The number of aryl methyl sites for hydroxylation is 1. The van der Waals surface area contributed by atoms with E-state index in [9.17, 15) is 4.79 Å². The zero-order chi connectivity index (χ0) is 18.1. The van der Waals surface area contributed by atoms with E-state index in [1.165, 1.54) is 11.8 Å². The molecular weight excluding hydrogens is 352 g/mol. The van der Waals surface area contributed by atoms with E-state index in [0.29, 0.717) is 17.6 Å². The minimum Gasteiger partial charge on any atom is -0.360 e. The third kappa shape index (κ3) is 3.48. The van der Waals surface area contributed by atoms with Crippen molar-refractivity contribution in [3.05, 3.63) is 36.4 Å². The molecule has 4 rings (SSSR count). The van der Waals surface area contributed by atoms with E-state index < -0.39 is 0 Å². The number of aromatic nitrogens is 5. The Morgan fingerprint density at radius 1 is 1.35 bits per heavy atom. The molecule has 1 aliphatic carbocycles. The molecule has 1 amide bonds. The smallest absolute Gasteiger partial charge is 0.238 e. The van der Waals surface area contributed by atoms with E-state index in [4.69, 9.17) is 4.52 Å². The average molecular weight is 370 g/mol. The van der Waals surface area contributed by atoms with Gasteiger partial charge >= 0.3 is 0 Å². The maximum Gasteiger partial charge on any atom is 0.238 e. The van der Waals surface area contributed by atoms with Gasteiger partial charge in [0.25, 0.3) is 0 Å². The lowest BCUT2D eigenvalue weighted by molar-refractivity contribution is -0.115. The highest BCUT2D eigenvalue weighted by Crippen LogP contribution is 2.41. The van der Waals surface area contributed by atoms with Crippen LogP contribution in [0.5, 0.6) is 0 Å². The molecule has 0 bridgehead atoms. The predicted molar refractivity (Wildman–Crippen MR) is 96.7 cm³/mol. The molecule has 1 fully saturated rings. The van der Waals surface area contributed by atoms with Crippen molar-refractivity contribution >= 4 is 23.5 Å². The summed E-state index contributed by atoms with van der Waals surface area (Å²) in [6.07, 6.45) is 5.68. The Balaban J connectivity index is 1.52. The zero-order valence-electron chi connectivity index (χ0n) is 14.4. The Kier molecular flexibility index (Phi) is 4.46. The van der Waals surface area contributed by atoms with Gasteiger partial charge < -0.3 is 9.84 Å². The molecule has 3 aromatic heterocycles. The van der Waals surface area contributed by atoms with Crippen molar-refractivity contribution in [2.45, 2.75) is 43.1 Å². The van der Waals surface area contributed by atoms with Crippen molar-refractivity contribution in [3.63, 3.8) is 0 Å². The van der Waals surface area contributed by atoms with Crippen LogP contribution in [0.15, 0.2) is 40.3 Å². The zero-order valence-corrected chi connectivity index (χ0v) is 15.2. The number of carbonyl (C=O) groups excluding carboxylic acids is 1. The van der Waals surface area contributed by atoms with E-state index in [1.807, 2.05) is 19.1 Å². The van der Waals surface area contributed by atoms with Gasteiger partial charge in [0.2, 0.25) is 5.91 Å². The number of carbonyl (C=O) groups is 1. The van der Waals surface area contributed by atoms with Crippen molar-refractivity contribution < 1.29 is 9.32 Å². The molecule has 0 unspecified atom stereocenters. The molecule has 0 aliphatic heterocycles. The summed E-state index contributed by atoms with van der Waals surface area (Å²) in [4.78, 5) is 16.5. The van der Waals surface area contributed by atoms with Crippen LogP contribution in [0.25, 0.3) is 11.4 Å². The van der Waals surface area contributed by atoms with Gasteiger partial charge in [0.1, 0.15) is 5.76 Å². The van der Waals surface area contributed by atoms with Crippen LogP contribution >= 0.6 is 11.8 Å². The molecule has 134 valence electrons. The predicted octanol–water partition coefficient (Wildman–Crippen LogP) is 3.09. The van der Waals surface area contributed by atoms with E-state index >= 15 is 0 Å². The van der Waals surface area contributed by atoms with Crippen molar-refractivity contribution in [2.75, 3.05) is 5.32 Å². The molecular formula is C17H18N6O2S. The molecule has 0 spiro atoms. The second kappa shape index (κ2) is 6.91. The maximum atomic E-state index is 12.4. The molecule has 8 nitrogen and oxygen atoms in total. The van der Waals surface area contributed by atoms with Crippen LogP contribution in [-0.4, -0.2) is 36.1 Å². The van der Waals surface area contributed by atoms with Crippen LogP contribution in [0.3, 0.4) is 0 Å². The standard InChI is InChI=1S/C17H18N6O2S/c1-10-9-14(22-25-10)19-16(24)11(2)26-17-21-20-15(23(17)13-3-4-13)12-5-7-18-8-6-12/h5-9,11,13H,3-4H2,1-2H3,(H,19,22,24)/t11-/m0/s1. The fourth-order valence-corrected chi connectivity index (χ4v) is 3.50. The molecule has 1 aliphatic rings. The third-order valence-corrected chi connectivity index (χ3v) is 5.10. The fraction of sp³-hybridized carbons (Fsp3) is 0.353. The number of anilines is 1. The summed E-state index contributed by atoms with van der Waals surface area (Å²) in [6.45, 7) is 3.62.